The van der Waals surface area contributed by atoms with E-state index >= 15 is 0 Å². The number of aromatic nitrogens is 4. The molecule has 0 saturated heterocycles. The molecule has 3 heterocycles. The average molecular weight is 309 g/mol. The summed E-state index contributed by atoms with van der Waals surface area (Å²) in [7, 11) is 0. The molecule has 5 nitrogen and oxygen atoms in total. The topological polar surface area (TPSA) is 46.8 Å². The van der Waals surface area contributed by atoms with E-state index in [9.17, 15) is 0 Å². The third kappa shape index (κ3) is 2.42. The van der Waals surface area contributed by atoms with Gasteiger partial charge in [-0.25, -0.2) is 0 Å². The fourth-order valence-electron chi connectivity index (χ4n) is 2.65. The molecule has 0 unspecified atom stereocenters. The molecule has 0 saturated carbocycles. The summed E-state index contributed by atoms with van der Waals surface area (Å²) in [6.45, 7) is 1.76. The molecule has 1 aliphatic rings. The minimum absolute atomic E-state index is 0.799. The molecule has 1 aliphatic heterocycles. The predicted molar refractivity (Wildman–Crippen MR) is 88.3 cm³/mol. The Kier molecular flexibility index (Phi) is 3.44. The van der Waals surface area contributed by atoms with Crippen molar-refractivity contribution in [1.82, 2.24) is 20.2 Å². The van der Waals surface area contributed by atoms with Crippen molar-refractivity contribution >= 4 is 22.9 Å². The Hall–Kier alpha value is -2.47. The summed E-state index contributed by atoms with van der Waals surface area (Å²) < 4.78 is 1.80. The lowest BCUT2D eigenvalue weighted by molar-refractivity contribution is 0.750. The van der Waals surface area contributed by atoms with E-state index in [0.29, 0.717) is 0 Å². The second-order valence-electron chi connectivity index (χ2n) is 5.13. The molecule has 110 valence electrons. The third-order valence-electron chi connectivity index (χ3n) is 3.78. The highest BCUT2D eigenvalue weighted by Gasteiger charge is 2.19. The summed E-state index contributed by atoms with van der Waals surface area (Å²) >= 11 is 1.80. The first-order valence-corrected chi connectivity index (χ1v) is 8.11. The first-order valence-electron chi connectivity index (χ1n) is 7.23. The molecule has 0 bridgehead atoms. The van der Waals surface area contributed by atoms with Crippen molar-refractivity contribution in [2.75, 3.05) is 18.0 Å². The smallest absolute Gasteiger partial charge is 0.250 e. The van der Waals surface area contributed by atoms with Crippen LogP contribution in [-0.4, -0.2) is 33.3 Å². The molecule has 0 amide bonds. The van der Waals surface area contributed by atoms with E-state index in [-0.39, 0.29) is 0 Å². The van der Waals surface area contributed by atoms with E-state index in [2.05, 4.69) is 44.0 Å². The molecule has 2 aromatic heterocycles. The molecular weight excluding hydrogens is 294 g/mol. The number of anilines is 1. The Morgan fingerprint density at radius 3 is 2.68 bits per heavy atom. The van der Waals surface area contributed by atoms with Crippen LogP contribution in [0.4, 0.5) is 5.95 Å². The van der Waals surface area contributed by atoms with Crippen molar-refractivity contribution in [3.05, 3.63) is 58.8 Å². The summed E-state index contributed by atoms with van der Waals surface area (Å²) in [5, 5.41) is 14.3. The molecule has 0 fully saturated rings. The van der Waals surface area contributed by atoms with Gasteiger partial charge >= 0.3 is 0 Å². The molecule has 0 radical (unpaired) electrons. The number of nitrogens with zero attached hydrogens (tertiary/aromatic N) is 5. The van der Waals surface area contributed by atoms with Gasteiger partial charge in [0, 0.05) is 18.0 Å². The third-order valence-corrected chi connectivity index (χ3v) is 4.73. The van der Waals surface area contributed by atoms with Gasteiger partial charge in [-0.15, -0.1) is 11.3 Å². The van der Waals surface area contributed by atoms with E-state index < -0.39 is 0 Å². The highest BCUT2D eigenvalue weighted by Crippen LogP contribution is 2.28. The largest absolute Gasteiger partial charge is 0.335 e. The lowest BCUT2D eigenvalue weighted by Crippen LogP contribution is -2.30. The Morgan fingerprint density at radius 2 is 1.95 bits per heavy atom. The van der Waals surface area contributed by atoms with Gasteiger partial charge in [-0.3, -0.25) is 0 Å². The van der Waals surface area contributed by atoms with E-state index in [0.717, 1.165) is 31.1 Å². The second-order valence-corrected chi connectivity index (χ2v) is 6.08. The maximum atomic E-state index is 4.21. The van der Waals surface area contributed by atoms with E-state index in [1.807, 2.05) is 30.3 Å². The van der Waals surface area contributed by atoms with Crippen molar-refractivity contribution in [3.8, 4) is 5.69 Å². The highest BCUT2D eigenvalue weighted by atomic mass is 32.1. The average Bonchev–Trinajstić information content (AvgIpc) is 3.28. The number of hydrogen-bond acceptors (Lipinski definition) is 5. The van der Waals surface area contributed by atoms with Crippen molar-refractivity contribution < 1.29 is 0 Å². The van der Waals surface area contributed by atoms with Gasteiger partial charge in [-0.1, -0.05) is 35.4 Å². The van der Waals surface area contributed by atoms with Crippen LogP contribution in [0.15, 0.2) is 53.9 Å². The quantitative estimate of drug-likeness (QED) is 0.746. The Morgan fingerprint density at radius 1 is 1.05 bits per heavy atom. The van der Waals surface area contributed by atoms with Crippen LogP contribution >= 0.6 is 11.3 Å². The summed E-state index contributed by atoms with van der Waals surface area (Å²) in [6, 6.07) is 14.3. The number of benzene rings is 1. The molecule has 4 rings (SSSR count). The van der Waals surface area contributed by atoms with Gasteiger partial charge < -0.3 is 4.90 Å². The lowest BCUT2D eigenvalue weighted by atomic mass is 10.1. The second kappa shape index (κ2) is 5.73. The number of thiophene rings is 1. The van der Waals surface area contributed by atoms with Crippen LogP contribution in [0, 0.1) is 0 Å². The number of hydrogen-bond donors (Lipinski definition) is 0. The van der Waals surface area contributed by atoms with Gasteiger partial charge in [-0.2, -0.15) is 4.68 Å². The molecule has 1 aromatic carbocycles. The Balaban J connectivity index is 1.59. The van der Waals surface area contributed by atoms with Crippen molar-refractivity contribution in [3.63, 3.8) is 0 Å². The summed E-state index contributed by atoms with van der Waals surface area (Å²) in [5.74, 6) is 0.799. The normalized spacial score (nSPS) is 14.9. The number of tetrazole rings is 1. The summed E-state index contributed by atoms with van der Waals surface area (Å²) in [5.41, 5.74) is 2.40. The van der Waals surface area contributed by atoms with Crippen LogP contribution in [0.2, 0.25) is 0 Å². The molecule has 22 heavy (non-hydrogen) atoms. The molecule has 0 spiro atoms. The predicted octanol–water partition coefficient (Wildman–Crippen LogP) is 3.02. The zero-order chi connectivity index (χ0) is 14.8. The minimum atomic E-state index is 0.799. The van der Waals surface area contributed by atoms with Crippen LogP contribution in [0.3, 0.4) is 0 Å². The standard InChI is InChI=1S/C16H15N5S/c1-2-5-14(6-3-1)21-16(17-18-19-21)20-10-8-13(9-11-20)15-7-4-12-22-15/h1-8,12H,9-11H2. The SMILES string of the molecule is C1=C(c2cccs2)CCN(c2nnnn2-c2ccccc2)C1. The molecule has 3 aromatic rings. The van der Waals surface area contributed by atoms with E-state index in [1.165, 1.54) is 10.5 Å². The van der Waals surface area contributed by atoms with Gasteiger partial charge in [0.15, 0.2) is 0 Å². The van der Waals surface area contributed by atoms with Gasteiger partial charge in [0.2, 0.25) is 0 Å². The van der Waals surface area contributed by atoms with Gasteiger partial charge in [0.05, 0.1) is 5.69 Å². The van der Waals surface area contributed by atoms with E-state index in [4.69, 9.17) is 0 Å². The Labute approximate surface area is 132 Å². The lowest BCUT2D eigenvalue weighted by Gasteiger charge is -2.26. The van der Waals surface area contributed by atoms with Crippen LogP contribution < -0.4 is 4.90 Å². The Bertz CT molecular complexity index is 776. The number of para-hydroxylation sites is 1. The van der Waals surface area contributed by atoms with E-state index in [1.54, 1.807) is 16.0 Å². The summed E-state index contributed by atoms with van der Waals surface area (Å²) in [6.07, 6.45) is 3.29. The number of rotatable bonds is 3. The minimum Gasteiger partial charge on any atom is -0.335 e. The zero-order valence-corrected chi connectivity index (χ0v) is 12.8. The van der Waals surface area contributed by atoms with Crippen LogP contribution in [0.5, 0.6) is 0 Å². The van der Waals surface area contributed by atoms with Crippen LogP contribution in [0.1, 0.15) is 11.3 Å². The summed E-state index contributed by atoms with van der Waals surface area (Å²) in [4.78, 5) is 3.58. The maximum absolute atomic E-state index is 4.21. The first kappa shape index (κ1) is 13.2. The maximum Gasteiger partial charge on any atom is 0.250 e. The van der Waals surface area contributed by atoms with Crippen molar-refractivity contribution in [2.45, 2.75) is 6.42 Å². The molecule has 6 heteroatoms. The van der Waals surface area contributed by atoms with Crippen LogP contribution in [0.25, 0.3) is 11.3 Å². The molecule has 0 N–H and O–H groups in total. The fourth-order valence-corrected chi connectivity index (χ4v) is 3.45. The molecule has 0 aliphatic carbocycles. The van der Waals surface area contributed by atoms with Gasteiger partial charge in [0.25, 0.3) is 5.95 Å². The first-order chi connectivity index (χ1) is 10.9. The molecular formula is C16H15N5S. The molecule has 0 atom stereocenters. The zero-order valence-electron chi connectivity index (χ0n) is 12.0. The van der Waals surface area contributed by atoms with Crippen LogP contribution in [-0.2, 0) is 0 Å². The highest BCUT2D eigenvalue weighted by molar-refractivity contribution is 7.11. The van der Waals surface area contributed by atoms with Crippen molar-refractivity contribution in [2.24, 2.45) is 0 Å². The monoisotopic (exact) mass is 309 g/mol. The fraction of sp³-hybridized carbons (Fsp3) is 0.188. The van der Waals surface area contributed by atoms with Gasteiger partial charge in [-0.05, 0) is 46.0 Å². The van der Waals surface area contributed by atoms with Crippen molar-refractivity contribution in [1.29, 1.82) is 0 Å². The van der Waals surface area contributed by atoms with Gasteiger partial charge in [0.1, 0.15) is 0 Å².